The molecule has 1 fully saturated rings. The van der Waals surface area contributed by atoms with Crippen molar-refractivity contribution in [1.82, 2.24) is 5.32 Å². The molecular weight excluding hydrogens is 302 g/mol. The van der Waals surface area contributed by atoms with E-state index in [1.165, 1.54) is 43.2 Å². The van der Waals surface area contributed by atoms with Crippen molar-refractivity contribution < 1.29 is 4.79 Å². The summed E-state index contributed by atoms with van der Waals surface area (Å²) in [5, 5.41) is 2.93. The number of hydrogen-bond acceptors (Lipinski definition) is 1. The van der Waals surface area contributed by atoms with E-state index in [0.717, 1.165) is 24.4 Å². The fourth-order valence-corrected chi connectivity index (χ4v) is 4.11. The molecular formula is C16H20BrNO. The van der Waals surface area contributed by atoms with E-state index >= 15 is 0 Å². The fourth-order valence-electron chi connectivity index (χ4n) is 3.30. The Balaban J connectivity index is 1.84. The molecule has 1 atom stereocenters. The molecule has 2 aliphatic rings. The lowest BCUT2D eigenvalue weighted by atomic mass is 9.84. The van der Waals surface area contributed by atoms with Crippen molar-refractivity contribution in [1.29, 1.82) is 0 Å². The van der Waals surface area contributed by atoms with Gasteiger partial charge in [0.15, 0.2) is 0 Å². The SMILES string of the molecule is O=C1NCCc2ccc(C(Br)C3CCCCC3)cc21. The highest BCUT2D eigenvalue weighted by atomic mass is 79.9. The zero-order valence-corrected chi connectivity index (χ0v) is 12.7. The molecule has 0 bridgehead atoms. The maximum atomic E-state index is 11.9. The van der Waals surface area contributed by atoms with Gasteiger partial charge in [0, 0.05) is 16.9 Å². The highest BCUT2D eigenvalue weighted by Crippen LogP contribution is 2.40. The molecule has 3 heteroatoms. The maximum Gasteiger partial charge on any atom is 0.251 e. The minimum atomic E-state index is 0.0893. The Morgan fingerprint density at radius 2 is 2.00 bits per heavy atom. The zero-order valence-electron chi connectivity index (χ0n) is 11.1. The lowest BCUT2D eigenvalue weighted by molar-refractivity contribution is 0.0946. The lowest BCUT2D eigenvalue weighted by Gasteiger charge is -2.27. The fraction of sp³-hybridized carbons (Fsp3) is 0.562. The molecule has 0 spiro atoms. The molecule has 0 saturated heterocycles. The molecule has 102 valence electrons. The second-order valence-electron chi connectivity index (χ2n) is 5.72. The third kappa shape index (κ3) is 2.71. The Morgan fingerprint density at radius 1 is 1.21 bits per heavy atom. The monoisotopic (exact) mass is 321 g/mol. The van der Waals surface area contributed by atoms with Crippen LogP contribution in [0, 0.1) is 5.92 Å². The van der Waals surface area contributed by atoms with Gasteiger partial charge in [0.25, 0.3) is 5.91 Å². The van der Waals surface area contributed by atoms with Crippen LogP contribution >= 0.6 is 15.9 Å². The molecule has 1 heterocycles. The molecule has 1 amide bonds. The summed E-state index contributed by atoms with van der Waals surface area (Å²) in [6.07, 6.45) is 7.63. The van der Waals surface area contributed by atoms with Gasteiger partial charge in [-0.25, -0.2) is 0 Å². The number of hydrogen-bond donors (Lipinski definition) is 1. The van der Waals surface area contributed by atoms with Crippen LogP contribution in [0.2, 0.25) is 0 Å². The summed E-state index contributed by atoms with van der Waals surface area (Å²) in [6, 6.07) is 6.43. The van der Waals surface area contributed by atoms with Crippen LogP contribution in [0.5, 0.6) is 0 Å². The van der Waals surface area contributed by atoms with Gasteiger partial charge in [0.1, 0.15) is 0 Å². The number of carbonyl (C=O) groups is 1. The van der Waals surface area contributed by atoms with Crippen LogP contribution in [0.25, 0.3) is 0 Å². The standard InChI is InChI=1S/C16H20BrNO/c17-15(12-4-2-1-3-5-12)13-7-6-11-8-9-18-16(19)14(11)10-13/h6-7,10,12,15H,1-5,8-9H2,(H,18,19). The molecule has 2 nitrogen and oxygen atoms in total. The van der Waals surface area contributed by atoms with Gasteiger partial charge in [-0.15, -0.1) is 0 Å². The molecule has 1 aromatic rings. The van der Waals surface area contributed by atoms with Crippen molar-refractivity contribution in [2.75, 3.05) is 6.54 Å². The van der Waals surface area contributed by atoms with Gasteiger partial charge in [-0.05, 0) is 42.4 Å². The van der Waals surface area contributed by atoms with Gasteiger partial charge in [-0.1, -0.05) is 47.3 Å². The van der Waals surface area contributed by atoms with E-state index in [2.05, 4.69) is 39.4 Å². The first-order valence-electron chi connectivity index (χ1n) is 7.31. The van der Waals surface area contributed by atoms with E-state index in [1.54, 1.807) is 0 Å². The molecule has 1 aliphatic heterocycles. The van der Waals surface area contributed by atoms with Gasteiger partial charge in [0.2, 0.25) is 0 Å². The molecule has 19 heavy (non-hydrogen) atoms. The second-order valence-corrected chi connectivity index (χ2v) is 6.71. The summed E-state index contributed by atoms with van der Waals surface area (Å²) >= 11 is 3.86. The number of halogens is 1. The highest BCUT2D eigenvalue weighted by molar-refractivity contribution is 9.09. The largest absolute Gasteiger partial charge is 0.352 e. The number of nitrogens with one attached hydrogen (secondary N) is 1. The zero-order chi connectivity index (χ0) is 13.2. The summed E-state index contributed by atoms with van der Waals surface area (Å²) in [5.74, 6) is 0.810. The quantitative estimate of drug-likeness (QED) is 0.820. The van der Waals surface area contributed by atoms with E-state index < -0.39 is 0 Å². The normalized spacial score (nSPS) is 21.6. The Kier molecular flexibility index (Phi) is 3.92. The van der Waals surface area contributed by atoms with E-state index in [0.29, 0.717) is 4.83 Å². The number of benzene rings is 1. The van der Waals surface area contributed by atoms with E-state index in [1.807, 2.05) is 0 Å². The number of rotatable bonds is 2. The van der Waals surface area contributed by atoms with Crippen LogP contribution in [0.3, 0.4) is 0 Å². The van der Waals surface area contributed by atoms with Crippen molar-refractivity contribution in [3.63, 3.8) is 0 Å². The van der Waals surface area contributed by atoms with Crippen molar-refractivity contribution >= 4 is 21.8 Å². The highest BCUT2D eigenvalue weighted by Gasteiger charge is 2.25. The van der Waals surface area contributed by atoms with Crippen LogP contribution in [0.15, 0.2) is 18.2 Å². The van der Waals surface area contributed by atoms with Crippen LogP contribution < -0.4 is 5.32 Å². The average Bonchev–Trinajstić information content (AvgIpc) is 2.47. The summed E-state index contributed by atoms with van der Waals surface area (Å²) in [7, 11) is 0. The smallest absolute Gasteiger partial charge is 0.251 e. The Hall–Kier alpha value is -0.830. The molecule has 0 aromatic heterocycles. The average molecular weight is 322 g/mol. The summed E-state index contributed by atoms with van der Waals surface area (Å²) in [6.45, 7) is 0.769. The summed E-state index contributed by atoms with van der Waals surface area (Å²) in [5.41, 5.74) is 3.34. The second kappa shape index (κ2) is 5.66. The first-order valence-corrected chi connectivity index (χ1v) is 8.22. The third-order valence-electron chi connectivity index (χ3n) is 4.44. The van der Waals surface area contributed by atoms with E-state index in [-0.39, 0.29) is 5.91 Å². The topological polar surface area (TPSA) is 29.1 Å². The molecule has 1 aromatic carbocycles. The van der Waals surface area contributed by atoms with Gasteiger partial charge in [-0.2, -0.15) is 0 Å². The minimum Gasteiger partial charge on any atom is -0.352 e. The number of fused-ring (bicyclic) bond motifs is 1. The molecule has 1 unspecified atom stereocenters. The molecule has 3 rings (SSSR count). The lowest BCUT2D eigenvalue weighted by Crippen LogP contribution is -2.32. The predicted molar refractivity (Wildman–Crippen MR) is 80.7 cm³/mol. The number of alkyl halides is 1. The van der Waals surface area contributed by atoms with Crippen LogP contribution in [0.4, 0.5) is 0 Å². The van der Waals surface area contributed by atoms with Crippen LogP contribution in [0.1, 0.15) is 58.4 Å². The first kappa shape index (κ1) is 13.2. The van der Waals surface area contributed by atoms with Crippen molar-refractivity contribution in [3.8, 4) is 0 Å². The van der Waals surface area contributed by atoms with Gasteiger partial charge >= 0.3 is 0 Å². The molecule has 1 aliphatic carbocycles. The summed E-state index contributed by atoms with van der Waals surface area (Å²) < 4.78 is 0. The van der Waals surface area contributed by atoms with Crippen molar-refractivity contribution in [2.45, 2.75) is 43.4 Å². The van der Waals surface area contributed by atoms with E-state index in [4.69, 9.17) is 0 Å². The van der Waals surface area contributed by atoms with Crippen molar-refractivity contribution in [3.05, 3.63) is 34.9 Å². The van der Waals surface area contributed by atoms with Crippen LogP contribution in [-0.2, 0) is 6.42 Å². The third-order valence-corrected chi connectivity index (χ3v) is 5.72. The van der Waals surface area contributed by atoms with Gasteiger partial charge < -0.3 is 5.32 Å². The molecule has 0 radical (unpaired) electrons. The predicted octanol–water partition coefficient (Wildman–Crippen LogP) is 3.99. The molecule has 1 N–H and O–H groups in total. The van der Waals surface area contributed by atoms with Crippen molar-refractivity contribution in [2.24, 2.45) is 5.92 Å². The Morgan fingerprint density at radius 3 is 2.79 bits per heavy atom. The minimum absolute atomic E-state index is 0.0893. The summed E-state index contributed by atoms with van der Waals surface area (Å²) in [4.78, 5) is 12.3. The maximum absolute atomic E-state index is 11.9. The van der Waals surface area contributed by atoms with Gasteiger partial charge in [-0.3, -0.25) is 4.79 Å². The number of amides is 1. The first-order chi connectivity index (χ1) is 9.25. The molecule has 1 saturated carbocycles. The van der Waals surface area contributed by atoms with E-state index in [9.17, 15) is 4.79 Å². The van der Waals surface area contributed by atoms with Gasteiger partial charge in [0.05, 0.1) is 0 Å². The number of carbonyl (C=O) groups excluding carboxylic acids is 1. The Bertz CT molecular complexity index is 480. The Labute approximate surface area is 123 Å². The van der Waals surface area contributed by atoms with Crippen LogP contribution in [-0.4, -0.2) is 12.5 Å².